The monoisotopic (exact) mass is 233 g/mol. The maximum absolute atomic E-state index is 12.7. The summed E-state index contributed by atoms with van der Waals surface area (Å²) in [6.45, 7) is 4.67. The van der Waals surface area contributed by atoms with Crippen LogP contribution in [0.3, 0.4) is 0 Å². The van der Waals surface area contributed by atoms with Crippen molar-refractivity contribution in [1.29, 1.82) is 0 Å². The summed E-state index contributed by atoms with van der Waals surface area (Å²) in [5.74, 6) is -0.206. The van der Waals surface area contributed by atoms with Crippen LogP contribution in [0.1, 0.15) is 17.0 Å². The number of hydrogen-bond acceptors (Lipinski definition) is 2. The van der Waals surface area contributed by atoms with Gasteiger partial charge in [0.1, 0.15) is 5.82 Å². The highest BCUT2D eigenvalue weighted by atomic mass is 19.1. The van der Waals surface area contributed by atoms with Crippen LogP contribution in [0.4, 0.5) is 10.1 Å². The maximum atomic E-state index is 12.7. The van der Waals surface area contributed by atoms with E-state index in [2.05, 4.69) is 10.4 Å². The number of rotatable bonds is 3. The van der Waals surface area contributed by atoms with E-state index in [1.165, 1.54) is 12.1 Å². The second kappa shape index (κ2) is 4.57. The molecule has 1 heterocycles. The van der Waals surface area contributed by atoms with Gasteiger partial charge in [-0.2, -0.15) is 5.10 Å². The summed E-state index contributed by atoms with van der Waals surface area (Å²) in [5, 5.41) is 7.66. The van der Waals surface area contributed by atoms with Crippen molar-refractivity contribution in [1.82, 2.24) is 9.78 Å². The first-order valence-electron chi connectivity index (χ1n) is 5.56. The van der Waals surface area contributed by atoms with Crippen molar-refractivity contribution in [3.05, 3.63) is 47.0 Å². The first-order chi connectivity index (χ1) is 8.08. The van der Waals surface area contributed by atoms with Gasteiger partial charge < -0.3 is 5.32 Å². The normalized spacial score (nSPS) is 10.6. The fraction of sp³-hybridized carbons (Fsp3) is 0.308. The Labute approximate surface area is 100 Å². The Bertz CT molecular complexity index is 514. The molecule has 0 spiro atoms. The lowest BCUT2D eigenvalue weighted by Gasteiger charge is -2.06. The minimum atomic E-state index is -0.206. The summed E-state index contributed by atoms with van der Waals surface area (Å²) in [5.41, 5.74) is 4.18. The molecule has 0 radical (unpaired) electrons. The minimum absolute atomic E-state index is 0.206. The van der Waals surface area contributed by atoms with Crippen LogP contribution in [0, 0.1) is 19.7 Å². The summed E-state index contributed by atoms with van der Waals surface area (Å²) < 4.78 is 14.6. The van der Waals surface area contributed by atoms with E-state index in [4.69, 9.17) is 0 Å². The highest BCUT2D eigenvalue weighted by Gasteiger charge is 2.08. The van der Waals surface area contributed by atoms with Crippen LogP contribution in [0.5, 0.6) is 0 Å². The lowest BCUT2D eigenvalue weighted by atomic mass is 10.2. The first kappa shape index (κ1) is 11.6. The van der Waals surface area contributed by atoms with Crippen LogP contribution in [-0.4, -0.2) is 9.78 Å². The Hall–Kier alpha value is -1.84. The highest BCUT2D eigenvalue weighted by molar-refractivity contribution is 5.52. The molecule has 0 atom stereocenters. The van der Waals surface area contributed by atoms with Crippen molar-refractivity contribution < 1.29 is 4.39 Å². The molecule has 0 aliphatic rings. The Balaban J connectivity index is 2.09. The lowest BCUT2D eigenvalue weighted by molar-refractivity contribution is 0.627. The fourth-order valence-electron chi connectivity index (χ4n) is 1.82. The smallest absolute Gasteiger partial charge is 0.123 e. The molecule has 0 aliphatic carbocycles. The topological polar surface area (TPSA) is 29.9 Å². The number of nitrogens with one attached hydrogen (secondary N) is 1. The van der Waals surface area contributed by atoms with E-state index in [0.29, 0.717) is 6.54 Å². The summed E-state index contributed by atoms with van der Waals surface area (Å²) in [7, 11) is 1.92. The van der Waals surface area contributed by atoms with Gasteiger partial charge in [-0.05, 0) is 31.5 Å². The molecule has 1 aromatic carbocycles. The van der Waals surface area contributed by atoms with Crippen molar-refractivity contribution in [3.8, 4) is 0 Å². The number of hydrogen-bond donors (Lipinski definition) is 1. The molecule has 0 saturated heterocycles. The Morgan fingerprint density at radius 2 is 1.88 bits per heavy atom. The van der Waals surface area contributed by atoms with Gasteiger partial charge >= 0.3 is 0 Å². The molecule has 17 heavy (non-hydrogen) atoms. The van der Waals surface area contributed by atoms with Crippen molar-refractivity contribution in [3.63, 3.8) is 0 Å². The number of anilines is 1. The van der Waals surface area contributed by atoms with Gasteiger partial charge in [-0.15, -0.1) is 0 Å². The fourth-order valence-corrected chi connectivity index (χ4v) is 1.82. The molecule has 1 N–H and O–H groups in total. The number of aromatic nitrogens is 2. The van der Waals surface area contributed by atoms with E-state index in [1.54, 1.807) is 12.1 Å². The van der Waals surface area contributed by atoms with Gasteiger partial charge in [-0.1, -0.05) is 12.1 Å². The third-order valence-electron chi connectivity index (χ3n) is 2.89. The lowest BCUT2D eigenvalue weighted by Crippen LogP contribution is -2.01. The van der Waals surface area contributed by atoms with Crippen molar-refractivity contribution in [2.24, 2.45) is 7.05 Å². The van der Waals surface area contributed by atoms with E-state index in [1.807, 2.05) is 25.6 Å². The quantitative estimate of drug-likeness (QED) is 0.883. The Kier molecular flexibility index (Phi) is 3.13. The zero-order chi connectivity index (χ0) is 12.4. The number of aryl methyl sites for hydroxylation is 2. The molecule has 0 aliphatic heterocycles. The molecular formula is C13H16FN3. The Morgan fingerprint density at radius 1 is 1.24 bits per heavy atom. The standard InChI is InChI=1S/C13H16FN3/c1-9-13(10(2)17(3)16-9)15-8-11-4-6-12(14)7-5-11/h4-7,15H,8H2,1-3H3. The number of benzene rings is 1. The predicted octanol–water partition coefficient (Wildman–Crippen LogP) is 2.79. The molecule has 0 unspecified atom stereocenters. The largest absolute Gasteiger partial charge is 0.378 e. The zero-order valence-electron chi connectivity index (χ0n) is 10.3. The number of halogens is 1. The average Bonchev–Trinajstić information content (AvgIpc) is 2.54. The molecule has 4 heteroatoms. The summed E-state index contributed by atoms with van der Waals surface area (Å²) >= 11 is 0. The van der Waals surface area contributed by atoms with Gasteiger partial charge in [0.2, 0.25) is 0 Å². The maximum Gasteiger partial charge on any atom is 0.123 e. The molecule has 0 fully saturated rings. The van der Waals surface area contributed by atoms with Gasteiger partial charge in [-0.25, -0.2) is 4.39 Å². The van der Waals surface area contributed by atoms with Gasteiger partial charge in [0.25, 0.3) is 0 Å². The molecule has 90 valence electrons. The van der Waals surface area contributed by atoms with Crippen LogP contribution < -0.4 is 5.32 Å². The second-order valence-corrected chi connectivity index (χ2v) is 4.15. The van der Waals surface area contributed by atoms with Crippen LogP contribution in [0.2, 0.25) is 0 Å². The molecule has 3 nitrogen and oxygen atoms in total. The van der Waals surface area contributed by atoms with Crippen LogP contribution in [0.25, 0.3) is 0 Å². The van der Waals surface area contributed by atoms with Crippen molar-refractivity contribution in [2.75, 3.05) is 5.32 Å². The molecule has 0 amide bonds. The minimum Gasteiger partial charge on any atom is -0.378 e. The summed E-state index contributed by atoms with van der Waals surface area (Å²) in [4.78, 5) is 0. The SMILES string of the molecule is Cc1nn(C)c(C)c1NCc1ccc(F)cc1. The second-order valence-electron chi connectivity index (χ2n) is 4.15. The van der Waals surface area contributed by atoms with Gasteiger partial charge in [0, 0.05) is 13.6 Å². The highest BCUT2D eigenvalue weighted by Crippen LogP contribution is 2.19. The summed E-state index contributed by atoms with van der Waals surface area (Å²) in [6, 6.07) is 6.51. The van der Waals surface area contributed by atoms with Gasteiger partial charge in [0.15, 0.2) is 0 Å². The van der Waals surface area contributed by atoms with E-state index in [-0.39, 0.29) is 5.82 Å². The van der Waals surface area contributed by atoms with Crippen LogP contribution in [-0.2, 0) is 13.6 Å². The molecule has 0 saturated carbocycles. The third-order valence-corrected chi connectivity index (χ3v) is 2.89. The molecule has 2 rings (SSSR count). The Morgan fingerprint density at radius 3 is 2.41 bits per heavy atom. The van der Waals surface area contributed by atoms with E-state index in [0.717, 1.165) is 22.6 Å². The zero-order valence-corrected chi connectivity index (χ0v) is 10.3. The van der Waals surface area contributed by atoms with Gasteiger partial charge in [-0.3, -0.25) is 4.68 Å². The first-order valence-corrected chi connectivity index (χ1v) is 5.56. The predicted molar refractivity (Wildman–Crippen MR) is 66.4 cm³/mol. The third kappa shape index (κ3) is 2.46. The van der Waals surface area contributed by atoms with Gasteiger partial charge in [0.05, 0.1) is 17.1 Å². The molecule has 1 aromatic heterocycles. The van der Waals surface area contributed by atoms with E-state index >= 15 is 0 Å². The summed E-state index contributed by atoms with van der Waals surface area (Å²) in [6.07, 6.45) is 0. The van der Waals surface area contributed by atoms with E-state index < -0.39 is 0 Å². The molecule has 0 bridgehead atoms. The average molecular weight is 233 g/mol. The molecule has 2 aromatic rings. The van der Waals surface area contributed by atoms with E-state index in [9.17, 15) is 4.39 Å². The number of nitrogens with zero attached hydrogens (tertiary/aromatic N) is 2. The van der Waals surface area contributed by atoms with Crippen molar-refractivity contribution >= 4 is 5.69 Å². The van der Waals surface area contributed by atoms with Crippen molar-refractivity contribution in [2.45, 2.75) is 20.4 Å². The van der Waals surface area contributed by atoms with Crippen LogP contribution in [0.15, 0.2) is 24.3 Å². The van der Waals surface area contributed by atoms with Crippen LogP contribution >= 0.6 is 0 Å². The molecular weight excluding hydrogens is 217 g/mol.